The van der Waals surface area contributed by atoms with Crippen LogP contribution in [0.2, 0.25) is 0 Å². The summed E-state index contributed by atoms with van der Waals surface area (Å²) in [5.74, 6) is 1.99. The van der Waals surface area contributed by atoms with Gasteiger partial charge in [0, 0.05) is 44.7 Å². The average Bonchev–Trinajstić information content (AvgIpc) is 3.65. The van der Waals surface area contributed by atoms with Gasteiger partial charge in [-0.15, -0.1) is 0 Å². The van der Waals surface area contributed by atoms with Gasteiger partial charge in [0.1, 0.15) is 25.6 Å². The Morgan fingerprint density at radius 3 is 2.83 bits per heavy atom. The number of carbonyl (C=O) groups excluding carboxylic acids is 2. The van der Waals surface area contributed by atoms with Crippen molar-refractivity contribution in [3.05, 3.63) is 47.5 Å². The molecule has 0 spiro atoms. The molecule has 10 nitrogen and oxygen atoms in total. The third-order valence-corrected chi connectivity index (χ3v) is 7.96. The quantitative estimate of drug-likeness (QED) is 0.285. The molecule has 1 aliphatic carbocycles. The van der Waals surface area contributed by atoms with Crippen LogP contribution in [0, 0.1) is 5.92 Å². The van der Waals surface area contributed by atoms with Gasteiger partial charge in [0.05, 0.1) is 28.3 Å². The lowest BCUT2D eigenvalue weighted by Crippen LogP contribution is -2.45. The summed E-state index contributed by atoms with van der Waals surface area (Å²) < 4.78 is 28.6. The summed E-state index contributed by atoms with van der Waals surface area (Å²) in [4.78, 5) is 31.3. The number of para-hydroxylation sites is 1. The fourth-order valence-electron chi connectivity index (χ4n) is 5.65. The van der Waals surface area contributed by atoms with E-state index in [1.54, 1.807) is 4.90 Å². The predicted molar refractivity (Wildman–Crippen MR) is 154 cm³/mol. The second-order valence-corrected chi connectivity index (χ2v) is 10.9. The number of carbonyl (C=O) groups is 2. The molecular weight excluding hydrogens is 527 g/mol. The molecule has 1 fully saturated rings. The van der Waals surface area contributed by atoms with Crippen LogP contribution in [0.25, 0.3) is 33.5 Å². The van der Waals surface area contributed by atoms with Gasteiger partial charge in [0.15, 0.2) is 5.82 Å². The van der Waals surface area contributed by atoms with Gasteiger partial charge in [-0.2, -0.15) is 0 Å². The molecule has 6 rings (SSSR count). The third kappa shape index (κ3) is 5.21. The summed E-state index contributed by atoms with van der Waals surface area (Å²) in [5, 5.41) is 3.46. The molecule has 1 atom stereocenters. The number of aryl methyl sites for hydroxylation is 1. The summed E-state index contributed by atoms with van der Waals surface area (Å²) in [6.07, 6.45) is 2.56. The molecule has 1 aliphatic heterocycles. The number of amides is 2. The van der Waals surface area contributed by atoms with Gasteiger partial charge in [0.25, 0.3) is 5.91 Å². The highest BCUT2D eigenvalue weighted by Gasteiger charge is 2.29. The molecule has 11 heteroatoms. The molecule has 216 valence electrons. The van der Waals surface area contributed by atoms with E-state index in [0.717, 1.165) is 51.3 Å². The van der Waals surface area contributed by atoms with E-state index in [9.17, 15) is 14.0 Å². The molecule has 0 radical (unpaired) electrons. The van der Waals surface area contributed by atoms with Crippen molar-refractivity contribution in [2.45, 2.75) is 31.8 Å². The van der Waals surface area contributed by atoms with Crippen molar-refractivity contribution in [2.24, 2.45) is 18.7 Å². The minimum absolute atomic E-state index is 0.130. The van der Waals surface area contributed by atoms with Crippen LogP contribution in [0.1, 0.15) is 28.8 Å². The van der Waals surface area contributed by atoms with Gasteiger partial charge >= 0.3 is 6.09 Å². The highest BCUT2D eigenvalue weighted by molar-refractivity contribution is 6.01. The van der Waals surface area contributed by atoms with E-state index in [-0.39, 0.29) is 25.7 Å². The molecule has 2 aliphatic rings. The Kier molecular flexibility index (Phi) is 7.29. The zero-order valence-corrected chi connectivity index (χ0v) is 23.4. The largest absolute Gasteiger partial charge is 0.488 e. The van der Waals surface area contributed by atoms with Crippen LogP contribution in [-0.4, -0.2) is 77.1 Å². The van der Waals surface area contributed by atoms with Crippen molar-refractivity contribution < 1.29 is 23.5 Å². The number of benzene rings is 2. The number of hydrogen-bond acceptors (Lipinski definition) is 6. The maximum absolute atomic E-state index is 13.2. The smallest absolute Gasteiger partial charge is 0.406 e. The van der Waals surface area contributed by atoms with E-state index in [4.69, 9.17) is 20.2 Å². The standard InChI is InChI=1S/C30H35FN6O4/c1-33-30(39)41-11-10-40-26-5-3-4-20-13-25(37(27(20)26)16-18-6-7-18)28-34-23-14-22-19(12-24(23)35(28)2)8-9-36(29(22)38)17-21(32)15-31/h3-5,12-14,18,21H,6-11,15-17,32H2,1-2H3,(H,33,39)/t21-/m1/s1. The number of imidazole rings is 1. The molecule has 2 aromatic carbocycles. The molecule has 0 unspecified atom stereocenters. The first-order valence-electron chi connectivity index (χ1n) is 14.1. The monoisotopic (exact) mass is 562 g/mol. The number of halogens is 1. The summed E-state index contributed by atoms with van der Waals surface area (Å²) in [6, 6.07) is 11.3. The summed E-state index contributed by atoms with van der Waals surface area (Å²) in [5.41, 5.74) is 11.0. The maximum atomic E-state index is 13.2. The van der Waals surface area contributed by atoms with Crippen molar-refractivity contribution in [2.75, 3.05) is 40.0 Å². The lowest BCUT2D eigenvalue weighted by molar-refractivity contribution is 0.0725. The number of ether oxygens (including phenoxy) is 2. The highest BCUT2D eigenvalue weighted by Crippen LogP contribution is 2.39. The number of nitrogens with zero attached hydrogens (tertiary/aromatic N) is 4. The number of alkyl carbamates (subject to hydrolysis) is 1. The summed E-state index contributed by atoms with van der Waals surface area (Å²) in [7, 11) is 3.52. The molecule has 2 aromatic heterocycles. The first-order chi connectivity index (χ1) is 19.9. The van der Waals surface area contributed by atoms with Crippen LogP contribution in [0.15, 0.2) is 36.4 Å². The van der Waals surface area contributed by atoms with Gasteiger partial charge in [-0.05, 0) is 55.0 Å². The normalized spacial score (nSPS) is 15.8. The Balaban J connectivity index is 1.37. The van der Waals surface area contributed by atoms with Crippen molar-refractivity contribution in [3.8, 4) is 17.3 Å². The van der Waals surface area contributed by atoms with Crippen molar-refractivity contribution in [1.82, 2.24) is 24.3 Å². The predicted octanol–water partition coefficient (Wildman–Crippen LogP) is 3.63. The van der Waals surface area contributed by atoms with E-state index >= 15 is 0 Å². The van der Waals surface area contributed by atoms with Gasteiger partial charge in [0.2, 0.25) is 0 Å². The summed E-state index contributed by atoms with van der Waals surface area (Å²) >= 11 is 0. The van der Waals surface area contributed by atoms with Gasteiger partial charge < -0.3 is 34.6 Å². The SMILES string of the molecule is CNC(=O)OCCOc1cccc2cc(-c3nc4cc5c(cc4n3C)CCN(C[C@H](N)CF)C5=O)n(CC3CC3)c12. The number of nitrogens with two attached hydrogens (primary N) is 1. The molecule has 3 heterocycles. The number of fused-ring (bicyclic) bond motifs is 3. The number of hydrogen-bond donors (Lipinski definition) is 2. The number of alkyl halides is 1. The van der Waals surface area contributed by atoms with E-state index in [2.05, 4.69) is 32.7 Å². The van der Waals surface area contributed by atoms with Crippen LogP contribution in [0.5, 0.6) is 5.75 Å². The van der Waals surface area contributed by atoms with E-state index < -0.39 is 18.8 Å². The Bertz CT molecular complexity index is 1620. The second kappa shape index (κ2) is 11.0. The zero-order valence-electron chi connectivity index (χ0n) is 23.4. The van der Waals surface area contributed by atoms with Crippen molar-refractivity contribution in [3.63, 3.8) is 0 Å². The lowest BCUT2D eigenvalue weighted by atomic mass is 9.97. The Labute approximate surface area is 237 Å². The van der Waals surface area contributed by atoms with Gasteiger partial charge in [-0.3, -0.25) is 4.79 Å². The topological polar surface area (TPSA) is 117 Å². The lowest BCUT2D eigenvalue weighted by Gasteiger charge is -2.30. The minimum atomic E-state index is -0.684. The molecule has 0 saturated heterocycles. The van der Waals surface area contributed by atoms with E-state index in [0.29, 0.717) is 24.4 Å². The summed E-state index contributed by atoms with van der Waals surface area (Å²) in [6.45, 7) is 1.26. The zero-order chi connectivity index (χ0) is 28.7. The second-order valence-electron chi connectivity index (χ2n) is 10.9. The molecule has 3 N–H and O–H groups in total. The molecule has 4 aromatic rings. The molecule has 0 bridgehead atoms. The Hall–Kier alpha value is -4.12. The van der Waals surface area contributed by atoms with Crippen LogP contribution in [0.4, 0.5) is 9.18 Å². The first kappa shape index (κ1) is 27.1. The first-order valence-corrected chi connectivity index (χ1v) is 14.1. The number of rotatable bonds is 10. The van der Waals surface area contributed by atoms with Crippen LogP contribution >= 0.6 is 0 Å². The fourth-order valence-corrected chi connectivity index (χ4v) is 5.65. The van der Waals surface area contributed by atoms with E-state index in [1.165, 1.54) is 19.9 Å². The Morgan fingerprint density at radius 1 is 1.24 bits per heavy atom. The fraction of sp³-hybridized carbons (Fsp3) is 0.433. The van der Waals surface area contributed by atoms with Crippen molar-refractivity contribution in [1.29, 1.82) is 0 Å². The molecule has 1 saturated carbocycles. The minimum Gasteiger partial charge on any atom is -0.488 e. The van der Waals surface area contributed by atoms with Gasteiger partial charge in [-0.25, -0.2) is 14.2 Å². The van der Waals surface area contributed by atoms with Crippen LogP contribution < -0.4 is 15.8 Å². The van der Waals surface area contributed by atoms with Crippen molar-refractivity contribution >= 4 is 33.9 Å². The number of aromatic nitrogens is 3. The third-order valence-electron chi connectivity index (χ3n) is 7.96. The van der Waals surface area contributed by atoms with Gasteiger partial charge in [-0.1, -0.05) is 12.1 Å². The van der Waals surface area contributed by atoms with E-state index in [1.807, 2.05) is 25.2 Å². The molecule has 41 heavy (non-hydrogen) atoms. The molecular formula is C30H35FN6O4. The number of nitrogens with one attached hydrogen (secondary N) is 1. The maximum Gasteiger partial charge on any atom is 0.406 e. The van der Waals surface area contributed by atoms with Crippen LogP contribution in [-0.2, 0) is 24.8 Å². The van der Waals surface area contributed by atoms with Crippen LogP contribution in [0.3, 0.4) is 0 Å². The highest BCUT2D eigenvalue weighted by atomic mass is 19.1. The Morgan fingerprint density at radius 2 is 2.07 bits per heavy atom. The average molecular weight is 563 g/mol. The molecule has 2 amide bonds.